The molecule has 0 aliphatic rings. The van der Waals surface area contributed by atoms with Gasteiger partial charge in [0.25, 0.3) is 0 Å². The highest BCUT2D eigenvalue weighted by Crippen LogP contribution is 2.37. The van der Waals surface area contributed by atoms with Gasteiger partial charge in [0.2, 0.25) is 11.2 Å². The molecule has 1 aromatic heterocycles. The second-order valence-electron chi connectivity index (χ2n) is 4.65. The summed E-state index contributed by atoms with van der Waals surface area (Å²) in [7, 11) is 0. The predicted octanol–water partition coefficient (Wildman–Crippen LogP) is -0.486. The molecule has 10 nitrogen and oxygen atoms in total. The summed E-state index contributed by atoms with van der Waals surface area (Å²) in [4.78, 5) is 12.1. The molecule has 1 heterocycles. The second-order valence-corrected chi connectivity index (χ2v) is 4.65. The van der Waals surface area contributed by atoms with E-state index in [1.54, 1.807) is 0 Å². The highest BCUT2D eigenvalue weighted by Gasteiger charge is 2.19. The molecule has 0 saturated carbocycles. The third-order valence-electron chi connectivity index (χ3n) is 3.17. The highest BCUT2D eigenvalue weighted by atomic mass is 16.4. The Morgan fingerprint density at radius 1 is 0.760 bits per heavy atom. The van der Waals surface area contributed by atoms with Crippen LogP contribution in [0.15, 0.2) is 39.5 Å². The molecule has 0 bridgehead atoms. The van der Waals surface area contributed by atoms with E-state index in [4.69, 9.17) is 4.42 Å². The van der Waals surface area contributed by atoms with Gasteiger partial charge >= 0.3 is 0 Å². The summed E-state index contributed by atoms with van der Waals surface area (Å²) < 4.78 is 5.35. The van der Waals surface area contributed by atoms with E-state index in [1.807, 2.05) is 0 Å². The Morgan fingerprint density at radius 2 is 1.40 bits per heavy atom. The largest absolute Gasteiger partial charge is 0.508 e. The summed E-state index contributed by atoms with van der Waals surface area (Å²) >= 11 is 0. The topological polar surface area (TPSA) is 226 Å². The Labute approximate surface area is 139 Å². The first-order valence-corrected chi connectivity index (χ1v) is 6.12. The van der Waals surface area contributed by atoms with E-state index in [1.165, 1.54) is 6.07 Å². The van der Waals surface area contributed by atoms with Crippen molar-refractivity contribution in [1.82, 2.24) is 0 Å². The van der Waals surface area contributed by atoms with Gasteiger partial charge in [-0.2, -0.15) is 0 Å². The Balaban J connectivity index is 0.00000192. The number of phenols is 4. The van der Waals surface area contributed by atoms with E-state index in [0.717, 1.165) is 24.3 Å². The van der Waals surface area contributed by atoms with Crippen LogP contribution in [0.1, 0.15) is 0 Å². The minimum absolute atomic E-state index is 0. The molecule has 0 aliphatic carbocycles. The molecule has 11 N–H and O–H groups in total. The van der Waals surface area contributed by atoms with Gasteiger partial charge in [-0.25, -0.2) is 0 Å². The zero-order valence-electron chi connectivity index (χ0n) is 12.4. The van der Waals surface area contributed by atoms with Crippen LogP contribution in [0.2, 0.25) is 0 Å². The number of fused-ring (bicyclic) bond motifs is 1. The SMILES string of the molecule is O.O.O.O=c1c(O)c(-c2ccc(O)c(O)c2)oc2cc(O)cc(O)c12. The van der Waals surface area contributed by atoms with Gasteiger partial charge in [0.1, 0.15) is 22.5 Å². The second kappa shape index (κ2) is 7.40. The third-order valence-corrected chi connectivity index (χ3v) is 3.17. The highest BCUT2D eigenvalue weighted by molar-refractivity contribution is 5.88. The van der Waals surface area contributed by atoms with Crippen molar-refractivity contribution in [1.29, 1.82) is 0 Å². The van der Waals surface area contributed by atoms with Crippen LogP contribution in [0.5, 0.6) is 28.7 Å². The average Bonchev–Trinajstić information content (AvgIpc) is 2.45. The van der Waals surface area contributed by atoms with E-state index < -0.39 is 22.7 Å². The average molecular weight is 356 g/mol. The first-order valence-electron chi connectivity index (χ1n) is 6.12. The maximum Gasteiger partial charge on any atom is 0.238 e. The summed E-state index contributed by atoms with van der Waals surface area (Å²) in [5.41, 5.74) is -0.890. The van der Waals surface area contributed by atoms with Gasteiger partial charge < -0.3 is 46.4 Å². The van der Waals surface area contributed by atoms with Crippen LogP contribution in [0.25, 0.3) is 22.3 Å². The van der Waals surface area contributed by atoms with Crippen molar-refractivity contribution in [3.05, 3.63) is 40.6 Å². The van der Waals surface area contributed by atoms with Crippen molar-refractivity contribution in [3.63, 3.8) is 0 Å². The molecule has 25 heavy (non-hydrogen) atoms. The van der Waals surface area contributed by atoms with E-state index in [0.29, 0.717) is 0 Å². The molecule has 10 heteroatoms. The monoisotopic (exact) mass is 356 g/mol. The molecule has 0 aliphatic heterocycles. The number of hydrogen-bond acceptors (Lipinski definition) is 7. The standard InChI is InChI=1S/C15H10O7.3H2O/c16-7-4-10(19)12-11(5-7)22-15(14(21)13(12)20)6-1-2-8(17)9(18)3-6;;;/h1-5,16-19,21H;3*1H2. The fourth-order valence-electron chi connectivity index (χ4n) is 2.14. The normalized spacial score (nSPS) is 9.60. The van der Waals surface area contributed by atoms with Gasteiger partial charge in [0.15, 0.2) is 17.3 Å². The van der Waals surface area contributed by atoms with Crippen molar-refractivity contribution in [2.75, 3.05) is 0 Å². The van der Waals surface area contributed by atoms with Gasteiger partial charge in [0.05, 0.1) is 0 Å². The lowest BCUT2D eigenvalue weighted by Crippen LogP contribution is -2.02. The van der Waals surface area contributed by atoms with Crippen LogP contribution >= 0.6 is 0 Å². The lowest BCUT2D eigenvalue weighted by molar-refractivity contribution is 0.403. The molecule has 0 radical (unpaired) electrons. The number of benzene rings is 2. The van der Waals surface area contributed by atoms with E-state index in [9.17, 15) is 30.3 Å². The maximum absolute atomic E-state index is 12.1. The van der Waals surface area contributed by atoms with Gasteiger partial charge in [-0.1, -0.05) is 0 Å². The lowest BCUT2D eigenvalue weighted by Gasteiger charge is -2.08. The number of hydrogen-bond donors (Lipinski definition) is 5. The van der Waals surface area contributed by atoms with E-state index >= 15 is 0 Å². The van der Waals surface area contributed by atoms with Crippen molar-refractivity contribution in [2.24, 2.45) is 0 Å². The molecule has 0 atom stereocenters. The van der Waals surface area contributed by atoms with Gasteiger partial charge in [-0.15, -0.1) is 0 Å². The lowest BCUT2D eigenvalue weighted by atomic mass is 10.1. The summed E-state index contributed by atoms with van der Waals surface area (Å²) in [6.45, 7) is 0. The summed E-state index contributed by atoms with van der Waals surface area (Å²) in [5, 5.41) is 47.6. The first-order chi connectivity index (χ1) is 10.4. The first kappa shape index (κ1) is 21.5. The fourth-order valence-corrected chi connectivity index (χ4v) is 2.14. The van der Waals surface area contributed by atoms with Crippen molar-refractivity contribution in [2.45, 2.75) is 0 Å². The van der Waals surface area contributed by atoms with Crippen molar-refractivity contribution >= 4 is 11.0 Å². The minimum atomic E-state index is -0.888. The van der Waals surface area contributed by atoms with Gasteiger partial charge in [-0.05, 0) is 18.2 Å². The van der Waals surface area contributed by atoms with Gasteiger partial charge in [0, 0.05) is 17.7 Å². The smallest absolute Gasteiger partial charge is 0.238 e. The van der Waals surface area contributed by atoms with Gasteiger partial charge in [-0.3, -0.25) is 4.79 Å². The third kappa shape index (κ3) is 3.40. The molecular weight excluding hydrogens is 340 g/mol. The summed E-state index contributed by atoms with van der Waals surface area (Å²) in [6, 6.07) is 5.64. The van der Waals surface area contributed by atoms with Crippen molar-refractivity contribution < 1.29 is 46.4 Å². The number of rotatable bonds is 1. The van der Waals surface area contributed by atoms with Crippen LogP contribution in [-0.2, 0) is 0 Å². The minimum Gasteiger partial charge on any atom is -0.508 e. The maximum atomic E-state index is 12.1. The molecular formula is C15H16O10. The molecule has 0 fully saturated rings. The van der Waals surface area contributed by atoms with Crippen LogP contribution in [0, 0.1) is 0 Å². The zero-order chi connectivity index (χ0) is 16.0. The Bertz CT molecular complexity index is 961. The van der Waals surface area contributed by atoms with Crippen molar-refractivity contribution in [3.8, 4) is 40.1 Å². The molecule has 0 spiro atoms. The molecule has 136 valence electrons. The summed E-state index contributed by atoms with van der Waals surface area (Å²) in [6.07, 6.45) is 0. The molecule has 3 aromatic rings. The quantitative estimate of drug-likeness (QED) is 0.359. The Hall–Kier alpha value is -3.47. The zero-order valence-corrected chi connectivity index (χ0v) is 12.4. The molecule has 0 amide bonds. The van der Waals surface area contributed by atoms with Crippen LogP contribution < -0.4 is 5.43 Å². The van der Waals surface area contributed by atoms with Crippen LogP contribution in [-0.4, -0.2) is 42.0 Å². The molecule has 3 rings (SSSR count). The van der Waals surface area contributed by atoms with E-state index in [-0.39, 0.29) is 50.2 Å². The Morgan fingerprint density at radius 3 is 2.00 bits per heavy atom. The number of phenolic OH excluding ortho intramolecular Hbond substituents is 4. The molecule has 0 unspecified atom stereocenters. The molecule has 0 saturated heterocycles. The Kier molecular flexibility index (Phi) is 6.37. The molecule has 2 aromatic carbocycles. The summed E-state index contributed by atoms with van der Waals surface area (Å²) in [5.74, 6) is -2.71. The van der Waals surface area contributed by atoms with Crippen LogP contribution in [0.4, 0.5) is 0 Å². The van der Waals surface area contributed by atoms with E-state index in [2.05, 4.69) is 0 Å². The number of aromatic hydroxyl groups is 5. The fraction of sp³-hybridized carbons (Fsp3) is 0. The van der Waals surface area contributed by atoms with Crippen LogP contribution in [0.3, 0.4) is 0 Å². The predicted molar refractivity (Wildman–Crippen MR) is 87.1 cm³/mol.